The summed E-state index contributed by atoms with van der Waals surface area (Å²) in [6, 6.07) is 10.0. The molecule has 3 heterocycles. The zero-order valence-corrected chi connectivity index (χ0v) is 22.7. The van der Waals surface area contributed by atoms with E-state index < -0.39 is 5.54 Å². The number of nitrogens with zero attached hydrogens (tertiary/aromatic N) is 3. The zero-order chi connectivity index (χ0) is 26.8. The van der Waals surface area contributed by atoms with Crippen LogP contribution in [0.4, 0.5) is 10.5 Å². The van der Waals surface area contributed by atoms with Crippen LogP contribution in [0.5, 0.6) is 0 Å². The van der Waals surface area contributed by atoms with E-state index >= 15 is 0 Å². The number of aliphatic hydroxyl groups excluding tert-OH is 1. The molecule has 4 saturated carbocycles. The van der Waals surface area contributed by atoms with Gasteiger partial charge in [0.25, 0.3) is 0 Å². The zero-order valence-electron chi connectivity index (χ0n) is 22.7. The molecule has 3 aliphatic heterocycles. The highest BCUT2D eigenvalue weighted by Crippen LogP contribution is 2.60. The lowest BCUT2D eigenvalue weighted by molar-refractivity contribution is -0.164. The van der Waals surface area contributed by atoms with Gasteiger partial charge in [0.05, 0.1) is 18.2 Å². The number of carbonyl (C=O) groups excluding carboxylic acids is 3. The van der Waals surface area contributed by atoms with E-state index in [4.69, 9.17) is 0 Å². The molecule has 1 aromatic carbocycles. The van der Waals surface area contributed by atoms with Crippen LogP contribution >= 0.6 is 0 Å². The van der Waals surface area contributed by atoms with E-state index in [9.17, 15) is 19.5 Å². The molecule has 3 N–H and O–H groups in total. The number of carbonyl (C=O) groups is 3. The van der Waals surface area contributed by atoms with E-state index in [-0.39, 0.29) is 47.2 Å². The molecule has 39 heavy (non-hydrogen) atoms. The summed E-state index contributed by atoms with van der Waals surface area (Å²) in [4.78, 5) is 46.1. The van der Waals surface area contributed by atoms with Crippen molar-refractivity contribution in [2.75, 3.05) is 37.7 Å². The van der Waals surface area contributed by atoms with Gasteiger partial charge in [0.2, 0.25) is 11.8 Å². The minimum Gasteiger partial charge on any atom is -0.393 e. The number of amides is 4. The minimum atomic E-state index is -0.609. The van der Waals surface area contributed by atoms with Crippen molar-refractivity contribution in [2.24, 2.45) is 23.2 Å². The third-order valence-corrected chi connectivity index (χ3v) is 11.0. The van der Waals surface area contributed by atoms with Gasteiger partial charge < -0.3 is 30.4 Å². The SMILES string of the molecule is O=C(N1CCC2(CC1)C(=O)NCN2c1ccccc1)N1CCC[C@H](NC(=O)C23CC4CC(C2)C(O)C(C4)C3)C1. The minimum absolute atomic E-state index is 0.0198. The van der Waals surface area contributed by atoms with Gasteiger partial charge in [0, 0.05) is 37.9 Å². The highest BCUT2D eigenvalue weighted by Gasteiger charge is 2.58. The average Bonchev–Trinajstić information content (AvgIpc) is 3.26. The summed E-state index contributed by atoms with van der Waals surface area (Å²) in [5.41, 5.74) is 0.0938. The van der Waals surface area contributed by atoms with Gasteiger partial charge in [-0.2, -0.15) is 0 Å². The predicted molar refractivity (Wildman–Crippen MR) is 146 cm³/mol. The van der Waals surface area contributed by atoms with Crippen molar-refractivity contribution in [1.29, 1.82) is 0 Å². The standard InChI is InChI=1S/C30H41N5O4/c36-25-21-13-20-14-22(25)17-29(15-20,16-21)26(37)32-23-5-4-10-34(18-23)28(39)33-11-8-30(9-12-33)27(38)31-19-35(30)24-6-2-1-3-7-24/h1-3,6-7,20-23,25,36H,4-5,8-19H2,(H,31,38)(H,32,37)/t20?,21?,22?,23-,25?,29?/m0/s1. The maximum Gasteiger partial charge on any atom is 0.320 e. The van der Waals surface area contributed by atoms with Crippen LogP contribution < -0.4 is 15.5 Å². The Morgan fingerprint density at radius 1 is 0.974 bits per heavy atom. The molecule has 7 aliphatic rings. The maximum absolute atomic E-state index is 13.6. The number of para-hydroxylation sites is 1. The Kier molecular flexibility index (Phi) is 6.06. The molecule has 4 amide bonds. The van der Waals surface area contributed by atoms with Gasteiger partial charge in [0.1, 0.15) is 5.54 Å². The Balaban J connectivity index is 0.971. The highest BCUT2D eigenvalue weighted by atomic mass is 16.3. The second kappa shape index (κ2) is 9.39. The van der Waals surface area contributed by atoms with Gasteiger partial charge >= 0.3 is 6.03 Å². The molecule has 210 valence electrons. The van der Waals surface area contributed by atoms with Crippen LogP contribution in [0.25, 0.3) is 0 Å². The van der Waals surface area contributed by atoms with Gasteiger partial charge in [-0.05, 0) is 87.7 Å². The second-order valence-electron chi connectivity index (χ2n) is 13.2. The van der Waals surface area contributed by atoms with Crippen LogP contribution in [-0.2, 0) is 9.59 Å². The third-order valence-electron chi connectivity index (χ3n) is 11.0. The summed E-state index contributed by atoms with van der Waals surface area (Å²) < 4.78 is 0. The lowest BCUT2D eigenvalue weighted by Crippen LogP contribution is -2.62. The summed E-state index contributed by atoms with van der Waals surface area (Å²) in [6.07, 6.45) is 7.45. The first-order valence-corrected chi connectivity index (χ1v) is 15.0. The van der Waals surface area contributed by atoms with E-state index in [0.29, 0.717) is 51.6 Å². The average molecular weight is 536 g/mol. The maximum atomic E-state index is 13.6. The van der Waals surface area contributed by atoms with Crippen molar-refractivity contribution in [1.82, 2.24) is 20.4 Å². The quantitative estimate of drug-likeness (QED) is 0.551. The monoisotopic (exact) mass is 535 g/mol. The molecule has 7 fully saturated rings. The lowest BCUT2D eigenvalue weighted by Gasteiger charge is -2.58. The number of hydrogen-bond donors (Lipinski definition) is 3. The van der Waals surface area contributed by atoms with E-state index in [1.165, 1.54) is 0 Å². The normalized spacial score (nSPS) is 36.8. The molecule has 1 spiro atoms. The van der Waals surface area contributed by atoms with Crippen LogP contribution in [0.15, 0.2) is 30.3 Å². The number of anilines is 1. The van der Waals surface area contributed by atoms with Gasteiger partial charge in [0.15, 0.2) is 0 Å². The molecule has 0 radical (unpaired) electrons. The summed E-state index contributed by atoms with van der Waals surface area (Å²) in [6.45, 7) is 2.81. The smallest absolute Gasteiger partial charge is 0.320 e. The second-order valence-corrected chi connectivity index (χ2v) is 13.2. The van der Waals surface area contributed by atoms with Gasteiger partial charge in [-0.3, -0.25) is 9.59 Å². The predicted octanol–water partition coefficient (Wildman–Crippen LogP) is 2.30. The van der Waals surface area contributed by atoms with Gasteiger partial charge in [-0.25, -0.2) is 4.79 Å². The number of nitrogens with one attached hydrogen (secondary N) is 2. The molecule has 9 nitrogen and oxygen atoms in total. The van der Waals surface area contributed by atoms with Crippen molar-refractivity contribution in [3.63, 3.8) is 0 Å². The van der Waals surface area contributed by atoms with Crippen LogP contribution in [-0.4, -0.2) is 83.3 Å². The number of benzene rings is 1. The molecular formula is C30H41N5O4. The molecule has 8 rings (SSSR count). The number of likely N-dealkylation sites (tertiary alicyclic amines) is 2. The van der Waals surface area contributed by atoms with Crippen molar-refractivity contribution in [2.45, 2.75) is 75.5 Å². The van der Waals surface area contributed by atoms with Gasteiger partial charge in [-0.15, -0.1) is 0 Å². The molecule has 1 aromatic rings. The number of rotatable bonds is 3. The summed E-state index contributed by atoms with van der Waals surface area (Å²) >= 11 is 0. The fourth-order valence-corrected chi connectivity index (χ4v) is 9.18. The highest BCUT2D eigenvalue weighted by molar-refractivity contribution is 5.93. The third kappa shape index (κ3) is 4.10. The Labute approximate surface area is 230 Å². The van der Waals surface area contributed by atoms with Gasteiger partial charge in [-0.1, -0.05) is 18.2 Å². The number of hydrogen-bond acceptors (Lipinski definition) is 5. The summed E-state index contributed by atoms with van der Waals surface area (Å²) in [7, 11) is 0. The number of piperidine rings is 2. The van der Waals surface area contributed by atoms with Crippen molar-refractivity contribution in [3.8, 4) is 0 Å². The molecule has 3 saturated heterocycles. The first-order chi connectivity index (χ1) is 18.9. The molecule has 4 bridgehead atoms. The van der Waals surface area contributed by atoms with Crippen LogP contribution in [0.2, 0.25) is 0 Å². The van der Waals surface area contributed by atoms with E-state index in [0.717, 1.165) is 50.6 Å². The number of urea groups is 1. The Hall–Kier alpha value is -2.81. The fraction of sp³-hybridized carbons (Fsp3) is 0.700. The Bertz CT molecular complexity index is 1120. The first kappa shape index (κ1) is 25.2. The van der Waals surface area contributed by atoms with E-state index in [1.807, 2.05) is 40.1 Å². The molecular weight excluding hydrogens is 494 g/mol. The molecule has 4 aliphatic carbocycles. The van der Waals surface area contributed by atoms with Crippen molar-refractivity contribution in [3.05, 3.63) is 30.3 Å². The molecule has 3 atom stereocenters. The number of aliphatic hydroxyl groups is 1. The fourth-order valence-electron chi connectivity index (χ4n) is 9.18. The van der Waals surface area contributed by atoms with E-state index in [1.54, 1.807) is 0 Å². The van der Waals surface area contributed by atoms with Crippen LogP contribution in [0, 0.1) is 23.2 Å². The Morgan fingerprint density at radius 3 is 2.41 bits per heavy atom. The topological polar surface area (TPSA) is 105 Å². The first-order valence-electron chi connectivity index (χ1n) is 15.0. The molecule has 0 aromatic heterocycles. The summed E-state index contributed by atoms with van der Waals surface area (Å²) in [5.74, 6) is 1.32. The Morgan fingerprint density at radius 2 is 1.69 bits per heavy atom. The summed E-state index contributed by atoms with van der Waals surface area (Å²) in [5, 5.41) is 17.0. The largest absolute Gasteiger partial charge is 0.393 e. The van der Waals surface area contributed by atoms with Crippen LogP contribution in [0.3, 0.4) is 0 Å². The lowest BCUT2D eigenvalue weighted by atomic mass is 9.48. The van der Waals surface area contributed by atoms with E-state index in [2.05, 4.69) is 15.5 Å². The van der Waals surface area contributed by atoms with Crippen molar-refractivity contribution < 1.29 is 19.5 Å². The molecule has 9 heteroatoms. The van der Waals surface area contributed by atoms with Crippen molar-refractivity contribution >= 4 is 23.5 Å². The molecule has 2 unspecified atom stereocenters. The van der Waals surface area contributed by atoms with Crippen LogP contribution in [0.1, 0.15) is 57.8 Å².